The van der Waals surface area contributed by atoms with Gasteiger partial charge in [0.15, 0.2) is 29.8 Å². The number of methoxy groups -OCH3 is 1. The van der Waals surface area contributed by atoms with E-state index in [1.807, 2.05) is 0 Å². The fourth-order valence-electron chi connectivity index (χ4n) is 13.7. The Labute approximate surface area is 619 Å². The van der Waals surface area contributed by atoms with Crippen LogP contribution < -0.4 is 36.6 Å². The summed E-state index contributed by atoms with van der Waals surface area (Å²) in [5.74, 6) is -14.7. The van der Waals surface area contributed by atoms with E-state index in [9.17, 15) is 67.1 Å². The number of hydrogen-bond acceptors (Lipinski definition) is 24. The molecule has 6 N–H and O–H groups in total. The molecule has 588 valence electrons. The standard InChI is InChI=1S/C71H101N13O23/c1-38(2)55-64(95)72-32-45(77-63(94)54-49(31-43-25-17-18-26-44(43)76-54)105-69-60(104-41(5)87)58(103-40(4)86)57(102-39(3)85)59(106-69)68(99)101-13)66(97)83-29-21-19-27-47(83)61(92)74-35-51(89)80(10)37-53(91)82(12)56(42-23-15-14-16-24-42)65(96)73-33-46(78-70(100)107-71(6,7)8)67(98)84-30-22-20-28-48(84)62(93)75-34-50(88)79(9)36-52(90)81(55)11/h17-18,25-26,31,38,42,45-48,55-60,69H,14-16,19-24,27-30,32-37H2,1-13H3,(H,72,95)(H,73,96)(H,74,92)(H,75,93)(H,77,94)(H,78,100)/t45-,46-,47+,48+,55+,56+,57+,58+,59+,60-,69-/m1/s1. The molecule has 1 aliphatic carbocycles. The number of fused-ring (bicyclic) bond motifs is 3. The van der Waals surface area contributed by atoms with Crippen LogP contribution in [-0.4, -0.2) is 290 Å². The third-order valence-corrected chi connectivity index (χ3v) is 19.0. The molecule has 107 heavy (non-hydrogen) atoms. The van der Waals surface area contributed by atoms with Gasteiger partial charge in [-0.05, 0) is 96.1 Å². The Bertz CT molecular complexity index is 3670. The number of nitrogens with zero attached hydrogens (tertiary/aromatic N) is 7. The maximum Gasteiger partial charge on any atom is 0.408 e. The number of pyridine rings is 1. The first-order chi connectivity index (χ1) is 50.5. The number of carbonyl (C=O) groups is 16. The molecular formula is C71H101N13O23. The maximum atomic E-state index is 15.5. The normalized spacial score (nSPS) is 26.2. The van der Waals surface area contributed by atoms with E-state index in [4.69, 9.17) is 33.2 Å². The average molecular weight is 1500 g/mol. The van der Waals surface area contributed by atoms with Crippen LogP contribution in [0, 0.1) is 11.8 Å². The number of alkyl carbamates (subject to hydrolysis) is 1. The van der Waals surface area contributed by atoms with Crippen molar-refractivity contribution in [2.45, 2.75) is 199 Å². The third-order valence-electron chi connectivity index (χ3n) is 19.0. The van der Waals surface area contributed by atoms with Crippen molar-refractivity contribution in [3.63, 3.8) is 0 Å². The zero-order chi connectivity index (χ0) is 78.9. The van der Waals surface area contributed by atoms with E-state index >= 15 is 9.59 Å². The highest BCUT2D eigenvalue weighted by atomic mass is 16.7. The average Bonchev–Trinajstić information content (AvgIpc) is 0.769. The summed E-state index contributed by atoms with van der Waals surface area (Å²) in [5, 5.41) is 16.1. The molecule has 0 bridgehead atoms. The molecule has 2 aromatic rings. The number of hydrogen-bond donors (Lipinski definition) is 6. The van der Waals surface area contributed by atoms with E-state index in [0.29, 0.717) is 43.9 Å². The van der Waals surface area contributed by atoms with Crippen LogP contribution in [0.3, 0.4) is 0 Å². The summed E-state index contributed by atoms with van der Waals surface area (Å²) < 4.78 is 39.4. The van der Waals surface area contributed by atoms with Crippen LogP contribution in [0.5, 0.6) is 5.75 Å². The molecule has 0 radical (unpaired) electrons. The van der Waals surface area contributed by atoms with Crippen LogP contribution >= 0.6 is 0 Å². The molecule has 12 amide bonds. The molecule has 4 aliphatic heterocycles. The molecule has 11 atom stereocenters. The number of amides is 12. The van der Waals surface area contributed by atoms with Crippen molar-refractivity contribution in [2.24, 2.45) is 11.8 Å². The van der Waals surface area contributed by atoms with Gasteiger partial charge in [0.1, 0.15) is 41.9 Å². The lowest BCUT2D eigenvalue weighted by atomic mass is 9.82. The minimum atomic E-state index is -2.02. The molecular weight excluding hydrogens is 1400 g/mol. The van der Waals surface area contributed by atoms with Gasteiger partial charge in [0.05, 0.1) is 38.8 Å². The summed E-state index contributed by atoms with van der Waals surface area (Å²) in [6.07, 6.45) is -5.31. The summed E-state index contributed by atoms with van der Waals surface area (Å²) in [6.45, 7) is 7.03. The van der Waals surface area contributed by atoms with E-state index < -0.39 is 230 Å². The van der Waals surface area contributed by atoms with Crippen LogP contribution in [-0.2, 0) is 95.5 Å². The highest BCUT2D eigenvalue weighted by Crippen LogP contribution is 2.35. The minimum absolute atomic E-state index is 0.0211. The van der Waals surface area contributed by atoms with Crippen LogP contribution in [0.15, 0.2) is 30.3 Å². The predicted molar refractivity (Wildman–Crippen MR) is 375 cm³/mol. The molecule has 5 aliphatic rings. The smallest absolute Gasteiger partial charge is 0.408 e. The van der Waals surface area contributed by atoms with Gasteiger partial charge >= 0.3 is 30.0 Å². The van der Waals surface area contributed by atoms with E-state index in [0.717, 1.165) is 66.7 Å². The Kier molecular flexibility index (Phi) is 29.7. The molecule has 0 unspecified atom stereocenters. The Morgan fingerprint density at radius 2 is 1.08 bits per heavy atom. The van der Waals surface area contributed by atoms with Gasteiger partial charge in [-0.15, -0.1) is 0 Å². The molecule has 4 saturated heterocycles. The molecule has 5 heterocycles. The number of nitrogens with one attached hydrogen (secondary N) is 6. The summed E-state index contributed by atoms with van der Waals surface area (Å²) >= 11 is 0. The minimum Gasteiger partial charge on any atom is -0.467 e. The number of ether oxygens (including phenoxy) is 7. The lowest BCUT2D eigenvalue weighted by molar-refractivity contribution is -0.282. The number of aromatic nitrogens is 1. The fourth-order valence-corrected chi connectivity index (χ4v) is 13.7. The van der Waals surface area contributed by atoms with E-state index in [2.05, 4.69) is 36.9 Å². The largest absolute Gasteiger partial charge is 0.467 e. The molecule has 1 aromatic carbocycles. The van der Waals surface area contributed by atoms with Crippen molar-refractivity contribution >= 4 is 106 Å². The van der Waals surface area contributed by atoms with Gasteiger partial charge < -0.3 is 94.5 Å². The maximum absolute atomic E-state index is 15.5. The first-order valence-corrected chi connectivity index (χ1v) is 35.8. The summed E-state index contributed by atoms with van der Waals surface area (Å²) in [5.41, 5.74) is -1.48. The van der Waals surface area contributed by atoms with Crippen LogP contribution in [0.4, 0.5) is 4.79 Å². The third kappa shape index (κ3) is 22.4. The second-order valence-electron chi connectivity index (χ2n) is 28.6. The van der Waals surface area contributed by atoms with E-state index in [1.165, 1.54) is 50.1 Å². The first kappa shape index (κ1) is 84.0. The second-order valence-corrected chi connectivity index (χ2v) is 28.6. The number of carbonyl (C=O) groups excluding carboxylic acids is 16. The second kappa shape index (κ2) is 37.8. The molecule has 1 aromatic heterocycles. The predicted octanol–water partition coefficient (Wildman–Crippen LogP) is -0.654. The molecule has 0 spiro atoms. The van der Waals surface area contributed by atoms with Gasteiger partial charge in [-0.1, -0.05) is 51.3 Å². The SMILES string of the molecule is COC(=O)[C@H]1O[C@@H](Oc2cc3ccccc3nc2C(=O)N[C@@H]2CNC(=O)[C@H](C(C)C)N(C)C(=O)CN(C)C(=O)CNC(=O)[C@@H]3CCCCN3C(=O)[C@H](NC(=O)OC(C)(C)C)CNC(=O)[C@H](C3CCCCC3)N(C)C(=O)CN(C)C(=O)CNC(=O)[C@@H]3CCCCN3C2=O)[C@H](OC(C)=O)[C@@H](OC(C)=O)[C@@H]1OC(C)=O. The van der Waals surface area contributed by atoms with Gasteiger partial charge in [0, 0.05) is 80.5 Å². The molecule has 5 fully saturated rings. The van der Waals surface area contributed by atoms with E-state index in [-0.39, 0.29) is 31.4 Å². The Balaban J connectivity index is 1.25. The van der Waals surface area contributed by atoms with Crippen molar-refractivity contribution in [1.29, 1.82) is 0 Å². The van der Waals surface area contributed by atoms with Crippen LogP contribution in [0.1, 0.15) is 137 Å². The number of likely N-dealkylation sites (N-methyl/N-ethyl adjacent to an activating group) is 4. The Morgan fingerprint density at radius 1 is 0.589 bits per heavy atom. The lowest BCUT2D eigenvalue weighted by Gasteiger charge is -2.43. The molecule has 7 rings (SSSR count). The zero-order valence-electron chi connectivity index (χ0n) is 62.8. The highest BCUT2D eigenvalue weighted by molar-refractivity contribution is 6.02. The zero-order valence-corrected chi connectivity index (χ0v) is 62.8. The van der Waals surface area contributed by atoms with Crippen molar-refractivity contribution < 1.29 is 110 Å². The van der Waals surface area contributed by atoms with Crippen molar-refractivity contribution in [3.8, 4) is 5.75 Å². The number of rotatable bonds is 11. The number of para-hydroxylation sites is 1. The van der Waals surface area contributed by atoms with Gasteiger partial charge in [0.25, 0.3) is 5.91 Å². The van der Waals surface area contributed by atoms with Crippen molar-refractivity contribution in [1.82, 2.24) is 66.3 Å². The number of esters is 4. The molecule has 1 saturated carbocycles. The molecule has 36 nitrogen and oxygen atoms in total. The molecule has 36 heteroatoms. The van der Waals surface area contributed by atoms with Crippen LogP contribution in [0.2, 0.25) is 0 Å². The highest BCUT2D eigenvalue weighted by Gasteiger charge is 2.56. The van der Waals surface area contributed by atoms with Gasteiger partial charge in [-0.25, -0.2) is 14.6 Å². The lowest BCUT2D eigenvalue weighted by Crippen LogP contribution is -2.64. The van der Waals surface area contributed by atoms with Gasteiger partial charge in [-0.3, -0.25) is 67.1 Å². The van der Waals surface area contributed by atoms with Gasteiger partial charge in [-0.2, -0.15) is 0 Å². The monoisotopic (exact) mass is 1500 g/mol. The summed E-state index contributed by atoms with van der Waals surface area (Å²) in [4.78, 5) is 236. The van der Waals surface area contributed by atoms with E-state index in [1.54, 1.807) is 52.8 Å². The summed E-state index contributed by atoms with van der Waals surface area (Å²) in [6, 6.07) is -0.768. The topological polar surface area (TPSA) is 442 Å². The fraction of sp³-hybridized carbons (Fsp3) is 0.648. The first-order valence-electron chi connectivity index (χ1n) is 35.8. The van der Waals surface area contributed by atoms with Crippen molar-refractivity contribution in [2.75, 3.05) is 87.7 Å². The quantitative estimate of drug-likeness (QED) is 0.120. The number of piperidine rings is 2. The number of benzene rings is 1. The van der Waals surface area contributed by atoms with Gasteiger partial charge in [0.2, 0.25) is 71.5 Å². The van der Waals surface area contributed by atoms with Crippen molar-refractivity contribution in [3.05, 3.63) is 36.0 Å². The Morgan fingerprint density at radius 3 is 1.61 bits per heavy atom. The Hall–Kier alpha value is -10.3. The summed E-state index contributed by atoms with van der Waals surface area (Å²) in [7, 11) is 6.27. The van der Waals surface area contributed by atoms with Crippen LogP contribution in [0.25, 0.3) is 10.9 Å².